The Labute approximate surface area is 166 Å². The molecule has 2 atom stereocenters. The van der Waals surface area contributed by atoms with E-state index in [0.717, 1.165) is 4.31 Å². The van der Waals surface area contributed by atoms with Gasteiger partial charge in [0.25, 0.3) is 0 Å². The molecule has 0 aliphatic carbocycles. The highest BCUT2D eigenvalue weighted by atomic mass is 35.5. The SMILES string of the molecule is CC#CCOc1ccc(S(=O)(=O)N(CCCCl)C(C(=O)O)C(C)CC)cc1. The second-order valence-corrected chi connectivity index (χ2v) is 8.28. The summed E-state index contributed by atoms with van der Waals surface area (Å²) in [4.78, 5) is 11.8. The Bertz CT molecular complexity index is 768. The highest BCUT2D eigenvalue weighted by Gasteiger charge is 2.38. The van der Waals surface area contributed by atoms with E-state index in [4.69, 9.17) is 16.3 Å². The number of alkyl halides is 1. The zero-order valence-electron chi connectivity index (χ0n) is 15.8. The number of benzene rings is 1. The molecule has 150 valence electrons. The smallest absolute Gasteiger partial charge is 0.322 e. The molecule has 0 radical (unpaired) electrons. The molecule has 1 aromatic rings. The van der Waals surface area contributed by atoms with E-state index < -0.39 is 22.0 Å². The molecule has 0 spiro atoms. The van der Waals surface area contributed by atoms with Gasteiger partial charge in [0.1, 0.15) is 18.4 Å². The molecule has 1 rings (SSSR count). The minimum Gasteiger partial charge on any atom is -0.481 e. The minimum absolute atomic E-state index is 0.0144. The minimum atomic E-state index is -4.00. The van der Waals surface area contributed by atoms with Crippen LogP contribution >= 0.6 is 11.6 Å². The molecule has 0 bridgehead atoms. The average molecular weight is 416 g/mol. The number of hydrogen-bond donors (Lipinski definition) is 1. The topological polar surface area (TPSA) is 83.9 Å². The zero-order valence-corrected chi connectivity index (χ0v) is 17.4. The van der Waals surface area contributed by atoms with Crippen molar-refractivity contribution in [2.75, 3.05) is 19.0 Å². The van der Waals surface area contributed by atoms with Gasteiger partial charge in [-0.05, 0) is 43.5 Å². The number of ether oxygens (including phenoxy) is 1. The Kier molecular flexibility index (Phi) is 9.64. The normalized spacial score (nSPS) is 13.5. The molecule has 0 aliphatic rings. The molecule has 0 saturated heterocycles. The van der Waals surface area contributed by atoms with Crippen molar-refractivity contribution in [3.05, 3.63) is 24.3 Å². The molecule has 1 aromatic carbocycles. The van der Waals surface area contributed by atoms with E-state index in [1.807, 2.05) is 6.92 Å². The van der Waals surface area contributed by atoms with Gasteiger partial charge in [-0.15, -0.1) is 17.5 Å². The number of aliphatic carboxylic acids is 1. The van der Waals surface area contributed by atoms with E-state index >= 15 is 0 Å². The Morgan fingerprint density at radius 2 is 1.96 bits per heavy atom. The maximum Gasteiger partial charge on any atom is 0.322 e. The Balaban J connectivity index is 3.21. The number of rotatable bonds is 11. The predicted molar refractivity (Wildman–Crippen MR) is 105 cm³/mol. The molecule has 0 saturated carbocycles. The monoisotopic (exact) mass is 415 g/mol. The number of carboxylic acid groups (broad SMARTS) is 1. The van der Waals surface area contributed by atoms with Crippen LogP contribution in [0.25, 0.3) is 0 Å². The quantitative estimate of drug-likeness (QED) is 0.443. The lowest BCUT2D eigenvalue weighted by Crippen LogP contribution is -2.49. The van der Waals surface area contributed by atoms with E-state index in [0.29, 0.717) is 18.6 Å². The van der Waals surface area contributed by atoms with Crippen molar-refractivity contribution < 1.29 is 23.1 Å². The number of hydrogen-bond acceptors (Lipinski definition) is 4. The molecule has 0 aromatic heterocycles. The van der Waals surface area contributed by atoms with Crippen LogP contribution in [-0.2, 0) is 14.8 Å². The lowest BCUT2D eigenvalue weighted by Gasteiger charge is -2.31. The molecule has 8 heteroatoms. The first kappa shape index (κ1) is 23.3. The summed E-state index contributed by atoms with van der Waals surface area (Å²) in [7, 11) is -4.00. The second kappa shape index (κ2) is 11.2. The van der Waals surface area contributed by atoms with Crippen LogP contribution in [0.1, 0.15) is 33.6 Å². The van der Waals surface area contributed by atoms with Gasteiger partial charge >= 0.3 is 5.97 Å². The summed E-state index contributed by atoms with van der Waals surface area (Å²) in [6.07, 6.45) is 0.896. The van der Waals surface area contributed by atoms with Gasteiger partial charge in [-0.1, -0.05) is 26.2 Å². The van der Waals surface area contributed by atoms with E-state index in [1.165, 1.54) is 24.3 Å². The second-order valence-electron chi connectivity index (χ2n) is 6.01. The first-order chi connectivity index (χ1) is 12.8. The van der Waals surface area contributed by atoms with Crippen LogP contribution in [0.15, 0.2) is 29.2 Å². The summed E-state index contributed by atoms with van der Waals surface area (Å²) in [6.45, 7) is 5.51. The predicted octanol–water partition coefficient (Wildman–Crippen LogP) is 3.21. The van der Waals surface area contributed by atoms with Crippen molar-refractivity contribution in [1.29, 1.82) is 0 Å². The zero-order chi connectivity index (χ0) is 20.4. The molecule has 0 fully saturated rings. The highest BCUT2D eigenvalue weighted by Crippen LogP contribution is 2.26. The van der Waals surface area contributed by atoms with Crippen molar-refractivity contribution in [3.8, 4) is 17.6 Å². The molecule has 0 amide bonds. The van der Waals surface area contributed by atoms with Crippen LogP contribution in [0.5, 0.6) is 5.75 Å². The van der Waals surface area contributed by atoms with Crippen LogP contribution in [0.2, 0.25) is 0 Å². The summed E-state index contributed by atoms with van der Waals surface area (Å²) in [6, 6.07) is 4.73. The third-order valence-electron chi connectivity index (χ3n) is 4.18. The summed E-state index contributed by atoms with van der Waals surface area (Å²) in [5.74, 6) is 4.67. The largest absolute Gasteiger partial charge is 0.481 e. The number of halogens is 1. The van der Waals surface area contributed by atoms with Gasteiger partial charge in [-0.2, -0.15) is 4.31 Å². The molecule has 2 unspecified atom stereocenters. The van der Waals surface area contributed by atoms with Crippen molar-refractivity contribution >= 4 is 27.6 Å². The van der Waals surface area contributed by atoms with Crippen LogP contribution in [-0.4, -0.2) is 48.9 Å². The van der Waals surface area contributed by atoms with E-state index in [9.17, 15) is 18.3 Å². The molecule has 0 heterocycles. The van der Waals surface area contributed by atoms with Crippen molar-refractivity contribution in [3.63, 3.8) is 0 Å². The van der Waals surface area contributed by atoms with Crippen LogP contribution < -0.4 is 4.74 Å². The molecule has 27 heavy (non-hydrogen) atoms. The fourth-order valence-electron chi connectivity index (χ4n) is 2.53. The molecule has 1 N–H and O–H groups in total. The van der Waals surface area contributed by atoms with Gasteiger partial charge in [0.05, 0.1) is 4.90 Å². The van der Waals surface area contributed by atoms with Crippen molar-refractivity contribution in [1.82, 2.24) is 4.31 Å². The van der Waals surface area contributed by atoms with Gasteiger partial charge in [-0.25, -0.2) is 8.42 Å². The summed E-state index contributed by atoms with van der Waals surface area (Å²) in [5.41, 5.74) is 0. The van der Waals surface area contributed by atoms with Gasteiger partial charge in [0, 0.05) is 12.4 Å². The maximum absolute atomic E-state index is 13.1. The van der Waals surface area contributed by atoms with Gasteiger partial charge < -0.3 is 9.84 Å². The third-order valence-corrected chi connectivity index (χ3v) is 6.34. The first-order valence-electron chi connectivity index (χ1n) is 8.72. The summed E-state index contributed by atoms with van der Waals surface area (Å²) >= 11 is 5.72. The third kappa shape index (κ3) is 6.42. The summed E-state index contributed by atoms with van der Waals surface area (Å²) < 4.78 is 32.7. The van der Waals surface area contributed by atoms with Crippen LogP contribution in [0, 0.1) is 17.8 Å². The van der Waals surface area contributed by atoms with Crippen LogP contribution in [0.3, 0.4) is 0 Å². The highest BCUT2D eigenvalue weighted by molar-refractivity contribution is 7.89. The average Bonchev–Trinajstić information content (AvgIpc) is 2.64. The lowest BCUT2D eigenvalue weighted by atomic mass is 9.99. The standard InChI is InChI=1S/C19H26ClNO5S/c1-4-6-14-26-16-8-10-17(11-9-16)27(24,25)21(13-7-12-20)18(19(22)23)15(3)5-2/h8-11,15,18H,5,7,12-14H2,1-3H3,(H,22,23). The van der Waals surface area contributed by atoms with E-state index in [-0.39, 0.29) is 29.8 Å². The Morgan fingerprint density at radius 1 is 1.33 bits per heavy atom. The Hall–Kier alpha value is -1.75. The van der Waals surface area contributed by atoms with E-state index in [1.54, 1.807) is 13.8 Å². The number of nitrogens with zero attached hydrogens (tertiary/aromatic N) is 1. The number of sulfonamides is 1. The maximum atomic E-state index is 13.1. The van der Waals surface area contributed by atoms with Crippen LogP contribution in [0.4, 0.5) is 0 Å². The molecule has 6 nitrogen and oxygen atoms in total. The Morgan fingerprint density at radius 3 is 2.44 bits per heavy atom. The van der Waals surface area contributed by atoms with Crippen molar-refractivity contribution in [2.45, 2.75) is 44.6 Å². The molecular weight excluding hydrogens is 390 g/mol. The number of carbonyl (C=O) groups is 1. The van der Waals surface area contributed by atoms with E-state index in [2.05, 4.69) is 11.8 Å². The lowest BCUT2D eigenvalue weighted by molar-refractivity contribution is -0.143. The molecule has 0 aliphatic heterocycles. The first-order valence-corrected chi connectivity index (χ1v) is 10.7. The fourth-order valence-corrected chi connectivity index (χ4v) is 4.37. The number of carboxylic acids is 1. The van der Waals surface area contributed by atoms with Gasteiger partial charge in [0.15, 0.2) is 0 Å². The molecular formula is C19H26ClNO5S. The van der Waals surface area contributed by atoms with Gasteiger partial charge in [-0.3, -0.25) is 4.79 Å². The van der Waals surface area contributed by atoms with Crippen molar-refractivity contribution in [2.24, 2.45) is 5.92 Å². The summed E-state index contributed by atoms with van der Waals surface area (Å²) in [5, 5.41) is 9.65. The fraction of sp³-hybridized carbons (Fsp3) is 0.526. The van der Waals surface area contributed by atoms with Gasteiger partial charge in [0.2, 0.25) is 10.0 Å².